The van der Waals surface area contributed by atoms with Crippen LogP contribution in [0, 0.1) is 6.92 Å². The second-order valence-electron chi connectivity index (χ2n) is 5.06. The summed E-state index contributed by atoms with van der Waals surface area (Å²) in [5.74, 6) is -0.0470. The third-order valence-corrected chi connectivity index (χ3v) is 4.35. The Bertz CT molecular complexity index is 610. The Labute approximate surface area is 116 Å². The fourth-order valence-electron chi connectivity index (χ4n) is 2.17. The molecule has 2 aromatic heterocycles. The van der Waals surface area contributed by atoms with Crippen LogP contribution in [-0.4, -0.2) is 10.5 Å². The van der Waals surface area contributed by atoms with Crippen molar-refractivity contribution in [3.63, 3.8) is 0 Å². The summed E-state index contributed by atoms with van der Waals surface area (Å²) in [6, 6.07) is 2.22. The molecule has 5 heteroatoms. The Morgan fingerprint density at radius 3 is 2.95 bits per heavy atom. The number of thiophene rings is 1. The number of hydrogen-bond acceptors (Lipinski definition) is 3. The molecule has 1 amide bonds. The predicted molar refractivity (Wildman–Crippen MR) is 77.3 cm³/mol. The summed E-state index contributed by atoms with van der Waals surface area (Å²) >= 11 is 1.66. The first-order valence-electron chi connectivity index (χ1n) is 6.42. The molecule has 19 heavy (non-hydrogen) atoms. The zero-order chi connectivity index (χ0) is 13.4. The van der Waals surface area contributed by atoms with Crippen LogP contribution in [0.4, 0.5) is 5.69 Å². The van der Waals surface area contributed by atoms with Crippen molar-refractivity contribution in [3.8, 4) is 0 Å². The van der Waals surface area contributed by atoms with Gasteiger partial charge in [0.25, 0.3) is 5.91 Å². The van der Waals surface area contributed by atoms with Gasteiger partial charge in [0.1, 0.15) is 5.69 Å². The molecule has 1 saturated carbocycles. The molecule has 0 saturated heterocycles. The fraction of sp³-hybridized carbons (Fsp3) is 0.357. The minimum atomic E-state index is -0.0470. The number of nitrogens with two attached hydrogens (primary N) is 1. The Hall–Kier alpha value is -1.75. The fourth-order valence-corrected chi connectivity index (χ4v) is 3.03. The second kappa shape index (κ2) is 4.74. The van der Waals surface area contributed by atoms with E-state index in [1.165, 1.54) is 11.1 Å². The number of carbonyl (C=O) groups excluding carboxylic acids is 1. The van der Waals surface area contributed by atoms with Crippen molar-refractivity contribution in [1.82, 2.24) is 9.88 Å². The van der Waals surface area contributed by atoms with Gasteiger partial charge in [-0.3, -0.25) is 4.79 Å². The van der Waals surface area contributed by atoms with Gasteiger partial charge < -0.3 is 15.6 Å². The quantitative estimate of drug-likeness (QED) is 0.901. The smallest absolute Gasteiger partial charge is 0.268 e. The molecule has 1 aliphatic rings. The van der Waals surface area contributed by atoms with Gasteiger partial charge >= 0.3 is 0 Å². The SMILES string of the molecule is Cc1cscc1CNC(=O)c1cc(N)cn1C1CC1. The summed E-state index contributed by atoms with van der Waals surface area (Å²) in [4.78, 5) is 12.2. The maximum absolute atomic E-state index is 12.2. The number of rotatable bonds is 4. The molecule has 4 nitrogen and oxygen atoms in total. The van der Waals surface area contributed by atoms with Gasteiger partial charge in [-0.1, -0.05) is 0 Å². The van der Waals surface area contributed by atoms with E-state index in [9.17, 15) is 4.79 Å². The highest BCUT2D eigenvalue weighted by atomic mass is 32.1. The molecule has 0 aromatic carbocycles. The first-order valence-corrected chi connectivity index (χ1v) is 7.36. The van der Waals surface area contributed by atoms with E-state index in [1.807, 2.05) is 10.8 Å². The zero-order valence-electron chi connectivity index (χ0n) is 10.8. The number of nitrogen functional groups attached to an aromatic ring is 1. The summed E-state index contributed by atoms with van der Waals surface area (Å²) in [7, 11) is 0. The Morgan fingerprint density at radius 2 is 2.32 bits per heavy atom. The Balaban J connectivity index is 1.72. The van der Waals surface area contributed by atoms with Crippen LogP contribution in [0.2, 0.25) is 0 Å². The lowest BCUT2D eigenvalue weighted by molar-refractivity contribution is 0.0941. The highest BCUT2D eigenvalue weighted by Crippen LogP contribution is 2.37. The summed E-state index contributed by atoms with van der Waals surface area (Å²) in [5, 5.41) is 7.13. The van der Waals surface area contributed by atoms with Crippen LogP contribution in [0.1, 0.15) is 40.5 Å². The van der Waals surface area contributed by atoms with Crippen LogP contribution in [-0.2, 0) is 6.54 Å². The van der Waals surface area contributed by atoms with Crippen molar-refractivity contribution in [3.05, 3.63) is 39.8 Å². The van der Waals surface area contributed by atoms with E-state index in [2.05, 4.69) is 23.0 Å². The standard InChI is InChI=1S/C14H17N3OS/c1-9-7-19-8-10(9)5-16-14(18)13-4-11(15)6-17(13)12-2-3-12/h4,6-8,12H,2-3,5,15H2,1H3,(H,16,18). The Kier molecular flexibility index (Phi) is 3.06. The highest BCUT2D eigenvalue weighted by Gasteiger charge is 2.27. The molecule has 3 rings (SSSR count). The molecular weight excluding hydrogens is 258 g/mol. The van der Waals surface area contributed by atoms with Crippen LogP contribution < -0.4 is 11.1 Å². The number of amides is 1. The zero-order valence-corrected chi connectivity index (χ0v) is 11.7. The molecule has 2 aromatic rings. The summed E-state index contributed by atoms with van der Waals surface area (Å²) in [6.07, 6.45) is 4.14. The van der Waals surface area contributed by atoms with E-state index < -0.39 is 0 Å². The number of nitrogens with zero attached hydrogens (tertiary/aromatic N) is 1. The second-order valence-corrected chi connectivity index (χ2v) is 5.80. The Morgan fingerprint density at radius 1 is 1.53 bits per heavy atom. The van der Waals surface area contributed by atoms with Crippen LogP contribution in [0.15, 0.2) is 23.0 Å². The van der Waals surface area contributed by atoms with E-state index >= 15 is 0 Å². The lowest BCUT2D eigenvalue weighted by Gasteiger charge is -2.08. The molecule has 0 unspecified atom stereocenters. The van der Waals surface area contributed by atoms with Crippen molar-refractivity contribution >= 4 is 22.9 Å². The molecule has 3 N–H and O–H groups in total. The summed E-state index contributed by atoms with van der Waals surface area (Å²) in [6.45, 7) is 2.63. The van der Waals surface area contributed by atoms with Crippen LogP contribution in [0.5, 0.6) is 0 Å². The average molecular weight is 275 g/mol. The third kappa shape index (κ3) is 2.51. The summed E-state index contributed by atoms with van der Waals surface area (Å²) in [5.41, 5.74) is 9.53. The summed E-state index contributed by atoms with van der Waals surface area (Å²) < 4.78 is 2.01. The molecule has 1 aliphatic carbocycles. The van der Waals surface area contributed by atoms with Crippen molar-refractivity contribution in [2.24, 2.45) is 0 Å². The van der Waals surface area contributed by atoms with Gasteiger partial charge in [0.2, 0.25) is 0 Å². The van der Waals surface area contributed by atoms with E-state index in [1.54, 1.807) is 17.4 Å². The lowest BCUT2D eigenvalue weighted by Crippen LogP contribution is -2.25. The van der Waals surface area contributed by atoms with E-state index in [0.29, 0.717) is 24.0 Å². The molecule has 2 heterocycles. The average Bonchev–Trinajstić information content (AvgIpc) is 3.04. The first kappa shape index (κ1) is 12.3. The maximum Gasteiger partial charge on any atom is 0.268 e. The molecule has 1 fully saturated rings. The van der Waals surface area contributed by atoms with E-state index in [4.69, 9.17) is 5.73 Å². The molecule has 0 spiro atoms. The number of hydrogen-bond donors (Lipinski definition) is 2. The molecule has 0 atom stereocenters. The van der Waals surface area contributed by atoms with Crippen LogP contribution in [0.3, 0.4) is 0 Å². The number of aromatic nitrogens is 1. The minimum absolute atomic E-state index is 0.0470. The maximum atomic E-state index is 12.2. The molecule has 0 bridgehead atoms. The monoisotopic (exact) mass is 275 g/mol. The predicted octanol–water partition coefficient (Wildman–Crippen LogP) is 2.71. The van der Waals surface area contributed by atoms with Crippen molar-refractivity contribution < 1.29 is 4.79 Å². The van der Waals surface area contributed by atoms with Gasteiger partial charge in [-0.05, 0) is 47.7 Å². The van der Waals surface area contributed by atoms with Crippen molar-refractivity contribution in [1.29, 1.82) is 0 Å². The number of nitrogens with one attached hydrogen (secondary N) is 1. The number of anilines is 1. The number of carbonyl (C=O) groups is 1. The largest absolute Gasteiger partial charge is 0.397 e. The van der Waals surface area contributed by atoms with Gasteiger partial charge in [-0.2, -0.15) is 11.3 Å². The van der Waals surface area contributed by atoms with E-state index in [-0.39, 0.29) is 5.91 Å². The van der Waals surface area contributed by atoms with Gasteiger partial charge in [-0.15, -0.1) is 0 Å². The van der Waals surface area contributed by atoms with Gasteiger partial charge in [0.15, 0.2) is 0 Å². The number of aryl methyl sites for hydroxylation is 1. The topological polar surface area (TPSA) is 60.1 Å². The molecular formula is C14H17N3OS. The molecule has 0 radical (unpaired) electrons. The molecule has 100 valence electrons. The first-order chi connectivity index (χ1) is 9.15. The molecule has 0 aliphatic heterocycles. The lowest BCUT2D eigenvalue weighted by atomic mass is 10.2. The highest BCUT2D eigenvalue weighted by molar-refractivity contribution is 7.08. The van der Waals surface area contributed by atoms with Crippen LogP contribution >= 0.6 is 11.3 Å². The van der Waals surface area contributed by atoms with Gasteiger partial charge in [0, 0.05) is 18.8 Å². The van der Waals surface area contributed by atoms with Crippen molar-refractivity contribution in [2.75, 3.05) is 5.73 Å². The van der Waals surface area contributed by atoms with Gasteiger partial charge in [-0.25, -0.2) is 0 Å². The normalized spacial score (nSPS) is 14.6. The van der Waals surface area contributed by atoms with E-state index in [0.717, 1.165) is 12.8 Å². The van der Waals surface area contributed by atoms with Crippen molar-refractivity contribution in [2.45, 2.75) is 32.4 Å². The van der Waals surface area contributed by atoms with Gasteiger partial charge in [0.05, 0.1) is 5.69 Å². The third-order valence-electron chi connectivity index (χ3n) is 3.44. The minimum Gasteiger partial charge on any atom is -0.397 e. The van der Waals surface area contributed by atoms with Crippen LogP contribution in [0.25, 0.3) is 0 Å².